The van der Waals surface area contributed by atoms with Crippen molar-refractivity contribution in [1.82, 2.24) is 19.5 Å². The first-order valence-electron chi connectivity index (χ1n) is 22.0. The second-order valence-corrected chi connectivity index (χ2v) is 23.3. The third-order valence-electron chi connectivity index (χ3n) is 11.3. The van der Waals surface area contributed by atoms with Gasteiger partial charge in [0.25, 0.3) is 0 Å². The molecule has 0 fully saturated rings. The maximum Gasteiger partial charge on any atom is 0.123 e. The van der Waals surface area contributed by atoms with Gasteiger partial charge in [0.15, 0.2) is 0 Å². The summed E-state index contributed by atoms with van der Waals surface area (Å²) in [5, 5.41) is 6.44. The number of nitrogens with zero attached hydrogens (tertiary/aromatic N) is 4. The molecule has 0 unspecified atom stereocenters. The predicted octanol–water partition coefficient (Wildman–Crippen LogP) is 14.5. The molecule has 313 valence electrons. The average Bonchev–Trinajstić information content (AvgIpc) is 3.81. The summed E-state index contributed by atoms with van der Waals surface area (Å²) in [4.78, 5) is 15.5. The second-order valence-electron chi connectivity index (χ2n) is 17.2. The zero-order chi connectivity index (χ0) is 45.2. The first-order chi connectivity index (χ1) is 30.5. The minimum absolute atomic E-state index is 0. The summed E-state index contributed by atoms with van der Waals surface area (Å²) >= 11 is 1.65. The van der Waals surface area contributed by atoms with Crippen LogP contribution in [-0.4, -0.2) is 27.6 Å². The summed E-state index contributed by atoms with van der Waals surface area (Å²) in [7, 11) is -1.45. The van der Waals surface area contributed by atoms with E-state index in [0.29, 0.717) is 17.5 Å². The number of fused-ring (bicyclic) bond motifs is 6. The zero-order valence-corrected chi connectivity index (χ0v) is 39.7. The van der Waals surface area contributed by atoms with E-state index < -0.39 is 20.7 Å². The number of pyridine rings is 2. The Kier molecular flexibility index (Phi) is 10.8. The van der Waals surface area contributed by atoms with E-state index in [2.05, 4.69) is 136 Å². The van der Waals surface area contributed by atoms with Crippen LogP contribution in [0.2, 0.25) is 19.6 Å². The van der Waals surface area contributed by atoms with E-state index in [0.717, 1.165) is 59.7 Å². The van der Waals surface area contributed by atoms with Crippen molar-refractivity contribution in [3.05, 3.63) is 162 Å². The molecule has 0 N–H and O–H groups in total. The van der Waals surface area contributed by atoms with Crippen molar-refractivity contribution >= 4 is 77.6 Å². The van der Waals surface area contributed by atoms with E-state index in [4.69, 9.17) is 14.1 Å². The molecule has 62 heavy (non-hydrogen) atoms. The van der Waals surface area contributed by atoms with Crippen LogP contribution in [0.1, 0.15) is 60.3 Å². The Balaban J connectivity index is 0.000000222. The third-order valence-corrected chi connectivity index (χ3v) is 14.4. The fourth-order valence-corrected chi connectivity index (χ4v) is 10.2. The quantitative estimate of drug-likeness (QED) is 0.123. The molecule has 10 aromatic rings. The van der Waals surface area contributed by atoms with E-state index in [1.54, 1.807) is 35.7 Å². The Labute approximate surface area is 384 Å². The number of halogens is 2. The van der Waals surface area contributed by atoms with E-state index >= 15 is 0 Å². The number of hydrogen-bond acceptors (Lipinski definition) is 4. The molecular formula is C53H46F2IrN4SSi-2. The van der Waals surface area contributed by atoms with Gasteiger partial charge in [-0.15, -0.1) is 42.0 Å². The molecule has 10 rings (SSSR count). The number of aryl methyl sites for hydroxylation is 1. The molecule has 0 spiro atoms. The van der Waals surface area contributed by atoms with Crippen LogP contribution in [-0.2, 0) is 20.1 Å². The largest absolute Gasteiger partial charge is 0.333 e. The Hall–Kier alpha value is -5.44. The topological polar surface area (TPSA) is 43.6 Å². The van der Waals surface area contributed by atoms with Crippen LogP contribution in [0, 0.1) is 30.6 Å². The van der Waals surface area contributed by atoms with Crippen molar-refractivity contribution in [3.63, 3.8) is 0 Å². The van der Waals surface area contributed by atoms with Crippen LogP contribution >= 0.6 is 11.3 Å². The number of hydrogen-bond donors (Lipinski definition) is 0. The molecule has 4 heterocycles. The summed E-state index contributed by atoms with van der Waals surface area (Å²) in [6, 6.07) is 42.9. The Morgan fingerprint density at radius 2 is 1.47 bits per heavy atom. The normalized spacial score (nSPS) is 12.8. The van der Waals surface area contributed by atoms with Crippen LogP contribution in [0.5, 0.6) is 0 Å². The number of para-hydroxylation sites is 1. The fraction of sp³-hybridized carbons (Fsp3) is 0.189. The van der Waals surface area contributed by atoms with Crippen LogP contribution in [0.15, 0.2) is 121 Å². The Morgan fingerprint density at radius 3 is 2.13 bits per heavy atom. The van der Waals surface area contributed by atoms with E-state index in [9.17, 15) is 8.78 Å². The summed E-state index contributed by atoms with van der Waals surface area (Å²) in [5.74, 6) is 0.638. The first kappa shape index (κ1) is 39.4. The standard InChI is InChI=1S/C38H29FN3S.C15H17FNSi.Ir/c1-21(2)27-11-7-12-28(22(3)4)35(27)42-34-20-24-10-6-5-9-23(24)19-33(34)40-37(42)30-14-8-13-29-31-18-25-17-26(39)15-16-32(25)41-38(31)43-36(29)30;1-11-5-7-13(14(16)9-11)15-8-6-12(10-17-15)18(2,3)4;/h5-13,15-22H,1-4H3;5-6,8-10H,1-4H3;/q2*-1;/i;1D3;. The summed E-state index contributed by atoms with van der Waals surface area (Å²) < 4.78 is 53.5. The maximum atomic E-state index is 14.1. The van der Waals surface area contributed by atoms with Gasteiger partial charge in [-0.05, 0) is 85.7 Å². The number of aromatic nitrogens is 4. The molecule has 6 aromatic carbocycles. The Bertz CT molecular complexity index is 3390. The second kappa shape index (κ2) is 17.0. The van der Waals surface area contributed by atoms with Gasteiger partial charge in [-0.25, -0.2) is 9.37 Å². The molecule has 0 bridgehead atoms. The van der Waals surface area contributed by atoms with Crippen LogP contribution in [0.25, 0.3) is 81.3 Å². The van der Waals surface area contributed by atoms with Gasteiger partial charge < -0.3 is 9.55 Å². The molecule has 0 saturated heterocycles. The number of rotatable bonds is 6. The zero-order valence-electron chi connectivity index (χ0n) is 38.5. The SMILES string of the molecule is CC(C)c1cccc(C(C)C)c1-n1c(-c2[c-]ccc3c2sc2nc4ccc(F)cc4cc23)nc2cc3ccccc3cc21.[2H]C([2H])([2H])c1c[c-]c(-c2ccc([Si](C)(C)C)cn2)c(F)c1.[Ir]. The van der Waals surface area contributed by atoms with E-state index in [1.165, 1.54) is 44.9 Å². The molecule has 9 heteroatoms. The number of imidazole rings is 1. The van der Waals surface area contributed by atoms with Gasteiger partial charge in [-0.1, -0.05) is 125 Å². The first-order valence-corrected chi connectivity index (χ1v) is 24.8. The van der Waals surface area contributed by atoms with Crippen LogP contribution in [0.4, 0.5) is 8.78 Å². The van der Waals surface area contributed by atoms with Gasteiger partial charge >= 0.3 is 0 Å². The van der Waals surface area contributed by atoms with Gasteiger partial charge in [0, 0.05) is 52.7 Å². The molecular weight excluding hydrogens is 983 g/mol. The van der Waals surface area contributed by atoms with Crippen molar-refractivity contribution in [3.8, 4) is 28.3 Å². The smallest absolute Gasteiger partial charge is 0.123 e. The third kappa shape index (κ3) is 8.03. The van der Waals surface area contributed by atoms with Crippen molar-refractivity contribution in [1.29, 1.82) is 0 Å². The van der Waals surface area contributed by atoms with E-state index in [-0.39, 0.29) is 37.0 Å². The summed E-state index contributed by atoms with van der Waals surface area (Å²) in [5.41, 5.74) is 8.16. The molecule has 0 aliphatic carbocycles. The van der Waals surface area contributed by atoms with E-state index in [1.807, 2.05) is 12.1 Å². The molecule has 4 nitrogen and oxygen atoms in total. The van der Waals surface area contributed by atoms with Crippen molar-refractivity contribution < 1.29 is 33.0 Å². The fourth-order valence-electron chi connectivity index (χ4n) is 8.04. The minimum atomic E-state index is -2.33. The molecule has 4 aromatic heterocycles. The van der Waals surface area contributed by atoms with Gasteiger partial charge in [0.1, 0.15) is 10.6 Å². The maximum absolute atomic E-state index is 14.1. The molecule has 0 aliphatic rings. The molecule has 0 atom stereocenters. The molecule has 1 radical (unpaired) electrons. The number of benzene rings is 6. The number of thiophene rings is 1. The van der Waals surface area contributed by atoms with Crippen molar-refractivity contribution in [2.75, 3.05) is 0 Å². The van der Waals surface area contributed by atoms with Crippen molar-refractivity contribution in [2.24, 2.45) is 0 Å². The predicted molar refractivity (Wildman–Crippen MR) is 255 cm³/mol. The van der Waals surface area contributed by atoms with Gasteiger partial charge in [-0.2, -0.15) is 11.3 Å². The van der Waals surface area contributed by atoms with Gasteiger partial charge in [0.2, 0.25) is 0 Å². The average molecular weight is 1030 g/mol. The van der Waals surface area contributed by atoms with Crippen LogP contribution in [0.3, 0.4) is 0 Å². The summed E-state index contributed by atoms with van der Waals surface area (Å²) in [6.45, 7) is 13.3. The molecule has 0 amide bonds. The van der Waals surface area contributed by atoms with Crippen LogP contribution < -0.4 is 5.19 Å². The van der Waals surface area contributed by atoms with Gasteiger partial charge in [-0.3, -0.25) is 9.37 Å². The minimum Gasteiger partial charge on any atom is -0.333 e. The van der Waals surface area contributed by atoms with Crippen molar-refractivity contribution in [2.45, 2.75) is 66.0 Å². The van der Waals surface area contributed by atoms with Gasteiger partial charge in [0.05, 0.1) is 30.4 Å². The molecule has 0 aliphatic heterocycles. The monoisotopic (exact) mass is 1030 g/mol. The Morgan fingerprint density at radius 1 is 0.726 bits per heavy atom. The summed E-state index contributed by atoms with van der Waals surface area (Å²) in [6.07, 6.45) is 1.77. The molecule has 0 saturated carbocycles.